The topological polar surface area (TPSA) is 104 Å². The van der Waals surface area contributed by atoms with Gasteiger partial charge >= 0.3 is 6.09 Å². The minimum absolute atomic E-state index is 0.00509. The number of ether oxygens (including phenoxy) is 1. The first-order valence-corrected chi connectivity index (χ1v) is 9.50. The SMILES string of the molecule is CCCCC(CNC(=O)OC(C)(C)C)NC(=NCC(=O)NCC)NCC. The van der Waals surface area contributed by atoms with Gasteiger partial charge in [-0.15, -0.1) is 0 Å². The van der Waals surface area contributed by atoms with Crippen LogP contribution in [0.3, 0.4) is 0 Å². The second kappa shape index (κ2) is 13.2. The lowest BCUT2D eigenvalue weighted by molar-refractivity contribution is -0.119. The zero-order valence-electron chi connectivity index (χ0n) is 17.2. The number of alkyl carbamates (subject to hydrolysis) is 1. The summed E-state index contributed by atoms with van der Waals surface area (Å²) in [5.41, 5.74) is -0.528. The molecule has 0 spiro atoms. The summed E-state index contributed by atoms with van der Waals surface area (Å²) in [6.07, 6.45) is 2.50. The van der Waals surface area contributed by atoms with E-state index in [1.807, 2.05) is 34.6 Å². The van der Waals surface area contributed by atoms with Crippen molar-refractivity contribution < 1.29 is 14.3 Å². The molecule has 0 heterocycles. The third-order valence-electron chi connectivity index (χ3n) is 3.24. The van der Waals surface area contributed by atoms with Crippen LogP contribution in [0.25, 0.3) is 0 Å². The Hall–Kier alpha value is -1.99. The minimum atomic E-state index is -0.528. The molecule has 0 aliphatic carbocycles. The zero-order chi connectivity index (χ0) is 20.0. The van der Waals surface area contributed by atoms with Gasteiger partial charge in [-0.1, -0.05) is 19.8 Å². The number of rotatable bonds is 10. The zero-order valence-corrected chi connectivity index (χ0v) is 17.2. The molecule has 0 saturated carbocycles. The van der Waals surface area contributed by atoms with Crippen LogP contribution in [-0.4, -0.2) is 55.8 Å². The van der Waals surface area contributed by atoms with Crippen LogP contribution < -0.4 is 21.3 Å². The summed E-state index contributed by atoms with van der Waals surface area (Å²) in [5.74, 6) is 0.438. The van der Waals surface area contributed by atoms with Gasteiger partial charge in [-0.3, -0.25) is 4.79 Å². The molecule has 0 radical (unpaired) electrons. The fourth-order valence-electron chi connectivity index (χ4n) is 2.11. The number of unbranched alkanes of at least 4 members (excludes halogenated alkanes) is 1. The largest absolute Gasteiger partial charge is 0.444 e. The number of likely N-dealkylation sites (N-methyl/N-ethyl adjacent to an activating group) is 1. The Morgan fingerprint density at radius 3 is 2.23 bits per heavy atom. The van der Waals surface area contributed by atoms with Crippen LogP contribution in [0.5, 0.6) is 0 Å². The van der Waals surface area contributed by atoms with Gasteiger partial charge in [0.1, 0.15) is 12.1 Å². The summed E-state index contributed by atoms with van der Waals surface area (Å²) in [6, 6.07) is -0.00509. The maximum atomic E-state index is 11.9. The number of amides is 2. The molecular weight excluding hydrogens is 334 g/mol. The van der Waals surface area contributed by atoms with Gasteiger partial charge in [0.05, 0.1) is 0 Å². The molecular formula is C18H37N5O3. The van der Waals surface area contributed by atoms with E-state index < -0.39 is 11.7 Å². The second-order valence-electron chi connectivity index (χ2n) is 7.01. The van der Waals surface area contributed by atoms with Gasteiger partial charge in [0.2, 0.25) is 5.91 Å². The van der Waals surface area contributed by atoms with E-state index in [-0.39, 0.29) is 18.5 Å². The molecule has 0 aromatic rings. The Labute approximate surface area is 157 Å². The molecule has 8 heteroatoms. The Bertz CT molecular complexity index is 447. The Kier molecular flexibility index (Phi) is 12.2. The van der Waals surface area contributed by atoms with Crippen LogP contribution in [-0.2, 0) is 9.53 Å². The van der Waals surface area contributed by atoms with Gasteiger partial charge in [-0.2, -0.15) is 0 Å². The number of nitrogens with one attached hydrogen (secondary N) is 4. The molecule has 0 aromatic carbocycles. The standard InChI is InChI=1S/C18H37N5O3/c1-7-10-11-14(12-22-17(25)26-18(4,5)6)23-16(20-9-3)21-13-15(24)19-8-2/h14H,7-13H2,1-6H3,(H,19,24)(H,22,25)(H2,20,21,23). The second-order valence-corrected chi connectivity index (χ2v) is 7.01. The highest BCUT2D eigenvalue weighted by Gasteiger charge is 2.18. The lowest BCUT2D eigenvalue weighted by Gasteiger charge is -2.24. The molecule has 0 aliphatic rings. The first-order chi connectivity index (χ1) is 12.2. The van der Waals surface area contributed by atoms with Crippen molar-refractivity contribution in [2.45, 2.75) is 72.4 Å². The summed E-state index contributed by atoms with van der Waals surface area (Å²) in [5, 5.41) is 11.9. The minimum Gasteiger partial charge on any atom is -0.444 e. The van der Waals surface area contributed by atoms with Gasteiger partial charge in [0.25, 0.3) is 0 Å². The fraction of sp³-hybridized carbons (Fsp3) is 0.833. The molecule has 0 saturated heterocycles. The lowest BCUT2D eigenvalue weighted by atomic mass is 10.1. The Balaban J connectivity index is 4.76. The molecule has 0 fully saturated rings. The number of guanidine groups is 1. The quantitative estimate of drug-likeness (QED) is 0.346. The van der Waals surface area contributed by atoms with Crippen molar-refractivity contribution in [2.24, 2.45) is 4.99 Å². The third-order valence-corrected chi connectivity index (χ3v) is 3.24. The van der Waals surface area contributed by atoms with Gasteiger partial charge in [-0.05, 0) is 41.0 Å². The lowest BCUT2D eigenvalue weighted by Crippen LogP contribution is -2.49. The third kappa shape index (κ3) is 13.3. The highest BCUT2D eigenvalue weighted by atomic mass is 16.6. The van der Waals surface area contributed by atoms with E-state index in [0.29, 0.717) is 25.6 Å². The van der Waals surface area contributed by atoms with Gasteiger partial charge in [0, 0.05) is 25.7 Å². The summed E-state index contributed by atoms with van der Waals surface area (Å²) in [6.45, 7) is 13.2. The van der Waals surface area contributed by atoms with E-state index in [1.165, 1.54) is 0 Å². The van der Waals surface area contributed by atoms with Gasteiger partial charge in [-0.25, -0.2) is 9.79 Å². The van der Waals surface area contributed by atoms with Crippen molar-refractivity contribution in [3.8, 4) is 0 Å². The summed E-state index contributed by atoms with van der Waals surface area (Å²) >= 11 is 0. The molecule has 8 nitrogen and oxygen atoms in total. The molecule has 1 unspecified atom stereocenters. The van der Waals surface area contributed by atoms with Crippen molar-refractivity contribution in [3.63, 3.8) is 0 Å². The van der Waals surface area contributed by atoms with Crippen molar-refractivity contribution in [1.29, 1.82) is 0 Å². The maximum absolute atomic E-state index is 11.9. The average Bonchev–Trinajstić information content (AvgIpc) is 2.53. The van der Waals surface area contributed by atoms with Gasteiger partial charge in [0.15, 0.2) is 5.96 Å². The Morgan fingerprint density at radius 1 is 1.04 bits per heavy atom. The van der Waals surface area contributed by atoms with E-state index in [9.17, 15) is 9.59 Å². The molecule has 1 atom stereocenters. The van der Waals surface area contributed by atoms with Crippen LogP contribution in [0.4, 0.5) is 4.79 Å². The first kappa shape index (κ1) is 24.0. The summed E-state index contributed by atoms with van der Waals surface area (Å²) in [4.78, 5) is 27.8. The molecule has 0 bridgehead atoms. The summed E-state index contributed by atoms with van der Waals surface area (Å²) in [7, 11) is 0. The number of carbonyl (C=O) groups is 2. The Morgan fingerprint density at radius 2 is 1.69 bits per heavy atom. The molecule has 0 aliphatic heterocycles. The van der Waals surface area contributed by atoms with Crippen LogP contribution in [0.1, 0.15) is 60.8 Å². The van der Waals surface area contributed by atoms with Crippen molar-refractivity contribution in [1.82, 2.24) is 21.3 Å². The van der Waals surface area contributed by atoms with Crippen LogP contribution >= 0.6 is 0 Å². The van der Waals surface area contributed by atoms with E-state index in [1.54, 1.807) is 0 Å². The number of hydrogen-bond donors (Lipinski definition) is 4. The molecule has 2 amide bonds. The fourth-order valence-corrected chi connectivity index (χ4v) is 2.11. The number of carbonyl (C=O) groups excluding carboxylic acids is 2. The molecule has 152 valence electrons. The monoisotopic (exact) mass is 371 g/mol. The average molecular weight is 372 g/mol. The first-order valence-electron chi connectivity index (χ1n) is 9.50. The number of nitrogens with zero attached hydrogens (tertiary/aromatic N) is 1. The highest BCUT2D eigenvalue weighted by molar-refractivity contribution is 5.85. The van der Waals surface area contributed by atoms with Gasteiger partial charge < -0.3 is 26.0 Å². The van der Waals surface area contributed by atoms with Crippen LogP contribution in [0.2, 0.25) is 0 Å². The molecule has 26 heavy (non-hydrogen) atoms. The van der Waals surface area contributed by atoms with E-state index >= 15 is 0 Å². The molecule has 0 rings (SSSR count). The van der Waals surface area contributed by atoms with Crippen molar-refractivity contribution >= 4 is 18.0 Å². The van der Waals surface area contributed by atoms with Crippen molar-refractivity contribution in [2.75, 3.05) is 26.2 Å². The maximum Gasteiger partial charge on any atom is 0.407 e. The predicted octanol–water partition coefficient (Wildman–Crippen LogP) is 1.76. The van der Waals surface area contributed by atoms with E-state index in [0.717, 1.165) is 19.3 Å². The van der Waals surface area contributed by atoms with E-state index in [4.69, 9.17) is 4.74 Å². The normalized spacial score (nSPS) is 12.9. The molecule has 4 N–H and O–H groups in total. The van der Waals surface area contributed by atoms with Crippen molar-refractivity contribution in [3.05, 3.63) is 0 Å². The van der Waals surface area contributed by atoms with Crippen LogP contribution in [0, 0.1) is 0 Å². The number of hydrogen-bond acceptors (Lipinski definition) is 4. The predicted molar refractivity (Wildman–Crippen MR) is 105 cm³/mol. The highest BCUT2D eigenvalue weighted by Crippen LogP contribution is 2.07. The van der Waals surface area contributed by atoms with E-state index in [2.05, 4.69) is 33.2 Å². The number of aliphatic imine (C=N–C) groups is 1. The smallest absolute Gasteiger partial charge is 0.407 e. The van der Waals surface area contributed by atoms with Crippen LogP contribution in [0.15, 0.2) is 4.99 Å². The molecule has 0 aromatic heterocycles. The summed E-state index contributed by atoms with van der Waals surface area (Å²) < 4.78 is 5.27.